The van der Waals surface area contributed by atoms with E-state index >= 15 is 0 Å². The number of benzene rings is 1. The summed E-state index contributed by atoms with van der Waals surface area (Å²) in [6.45, 7) is 4.05. The lowest BCUT2D eigenvalue weighted by Gasteiger charge is -2.27. The van der Waals surface area contributed by atoms with Crippen molar-refractivity contribution in [3.05, 3.63) is 29.3 Å². The van der Waals surface area contributed by atoms with Gasteiger partial charge in [0.25, 0.3) is 0 Å². The van der Waals surface area contributed by atoms with E-state index in [1.165, 1.54) is 6.07 Å². The van der Waals surface area contributed by atoms with Crippen LogP contribution in [0.5, 0.6) is 0 Å². The lowest BCUT2D eigenvalue weighted by molar-refractivity contribution is -0.137. The molecule has 0 radical (unpaired) electrons. The third-order valence-corrected chi connectivity index (χ3v) is 3.10. The number of alkyl halides is 3. The van der Waals surface area contributed by atoms with E-state index < -0.39 is 11.7 Å². The molecule has 1 aromatic rings. The number of nitrogens with zero attached hydrogens (tertiary/aromatic N) is 3. The summed E-state index contributed by atoms with van der Waals surface area (Å²) in [5, 5.41) is 8.82. The van der Waals surface area contributed by atoms with Gasteiger partial charge in [0.15, 0.2) is 0 Å². The number of rotatable bonds is 6. The van der Waals surface area contributed by atoms with Crippen LogP contribution < -0.4 is 4.90 Å². The van der Waals surface area contributed by atoms with Crippen molar-refractivity contribution in [2.75, 3.05) is 38.6 Å². The van der Waals surface area contributed by atoms with Gasteiger partial charge in [-0.3, -0.25) is 0 Å². The molecule has 0 saturated carbocycles. The highest BCUT2D eigenvalue weighted by Gasteiger charge is 2.34. The fourth-order valence-corrected chi connectivity index (χ4v) is 2.02. The first-order valence-corrected chi connectivity index (χ1v) is 6.80. The van der Waals surface area contributed by atoms with Crippen molar-refractivity contribution >= 4 is 5.69 Å². The van der Waals surface area contributed by atoms with Crippen LogP contribution in [0.3, 0.4) is 0 Å². The molecule has 0 atom stereocenters. The zero-order valence-corrected chi connectivity index (χ0v) is 12.5. The molecule has 0 heterocycles. The highest BCUT2D eigenvalue weighted by Crippen LogP contribution is 2.34. The van der Waals surface area contributed by atoms with E-state index in [1.54, 1.807) is 12.1 Å². The molecule has 1 aromatic carbocycles. The van der Waals surface area contributed by atoms with Crippen molar-refractivity contribution in [1.82, 2.24) is 4.90 Å². The summed E-state index contributed by atoms with van der Waals surface area (Å²) in [6.07, 6.45) is -3.67. The first-order chi connectivity index (χ1) is 9.79. The van der Waals surface area contributed by atoms with Gasteiger partial charge in [0, 0.05) is 25.3 Å². The topological polar surface area (TPSA) is 30.3 Å². The molecule has 0 spiro atoms. The SMILES string of the molecule is CCCN(CCN(C)C)c1ccc(C#N)c(C(F)(F)F)c1. The lowest BCUT2D eigenvalue weighted by Crippen LogP contribution is -2.32. The molecule has 116 valence electrons. The second-order valence-corrected chi connectivity index (χ2v) is 5.13. The molecule has 0 bridgehead atoms. The average Bonchev–Trinajstić information content (AvgIpc) is 2.41. The molecule has 0 fully saturated rings. The number of hydrogen-bond acceptors (Lipinski definition) is 3. The monoisotopic (exact) mass is 299 g/mol. The maximum Gasteiger partial charge on any atom is 0.417 e. The average molecular weight is 299 g/mol. The summed E-state index contributed by atoms with van der Waals surface area (Å²) in [5.41, 5.74) is -0.700. The first kappa shape index (κ1) is 17.3. The van der Waals surface area contributed by atoms with Crippen LogP contribution in [0.25, 0.3) is 0 Å². The Balaban J connectivity index is 3.12. The molecule has 3 nitrogen and oxygen atoms in total. The highest BCUT2D eigenvalue weighted by molar-refractivity contribution is 5.54. The molecule has 0 aliphatic carbocycles. The summed E-state index contributed by atoms with van der Waals surface area (Å²) in [7, 11) is 3.84. The van der Waals surface area contributed by atoms with E-state index in [4.69, 9.17) is 5.26 Å². The van der Waals surface area contributed by atoms with Gasteiger partial charge in [-0.25, -0.2) is 0 Å². The maximum absolute atomic E-state index is 13.0. The molecule has 0 amide bonds. The van der Waals surface area contributed by atoms with Gasteiger partial charge in [0.1, 0.15) is 0 Å². The van der Waals surface area contributed by atoms with Crippen molar-refractivity contribution in [1.29, 1.82) is 5.26 Å². The molecule has 0 aliphatic heterocycles. The largest absolute Gasteiger partial charge is 0.417 e. The Kier molecular flexibility index (Phi) is 6.03. The Morgan fingerprint density at radius 3 is 2.29 bits per heavy atom. The van der Waals surface area contributed by atoms with E-state index in [2.05, 4.69) is 0 Å². The lowest BCUT2D eigenvalue weighted by atomic mass is 10.1. The van der Waals surface area contributed by atoms with Crippen molar-refractivity contribution in [2.24, 2.45) is 0 Å². The number of likely N-dealkylation sites (N-methyl/N-ethyl adjacent to an activating group) is 1. The van der Waals surface area contributed by atoms with Gasteiger partial charge in [-0.1, -0.05) is 6.92 Å². The molecule has 6 heteroatoms. The highest BCUT2D eigenvalue weighted by atomic mass is 19.4. The van der Waals surface area contributed by atoms with Crippen molar-refractivity contribution < 1.29 is 13.2 Å². The van der Waals surface area contributed by atoms with Gasteiger partial charge >= 0.3 is 6.18 Å². The van der Waals surface area contributed by atoms with Gasteiger partial charge in [-0.05, 0) is 38.7 Å². The third kappa shape index (κ3) is 4.94. The van der Waals surface area contributed by atoms with Crippen LogP contribution in [0.4, 0.5) is 18.9 Å². The molecular formula is C15H20F3N3. The molecule has 1 rings (SSSR count). The van der Waals surface area contributed by atoms with Crippen LogP contribution in [-0.4, -0.2) is 38.6 Å². The summed E-state index contributed by atoms with van der Waals surface area (Å²) in [4.78, 5) is 3.90. The third-order valence-electron chi connectivity index (χ3n) is 3.10. The first-order valence-electron chi connectivity index (χ1n) is 6.80. The predicted octanol–water partition coefficient (Wildman–Crippen LogP) is 3.36. The number of hydrogen-bond donors (Lipinski definition) is 0. The standard InChI is InChI=1S/C15H20F3N3/c1-4-7-21(9-8-20(2)3)13-6-5-12(11-19)14(10-13)15(16,17)18/h5-6,10H,4,7-9H2,1-3H3. The van der Waals surface area contributed by atoms with Gasteiger partial charge in [0.2, 0.25) is 0 Å². The van der Waals surface area contributed by atoms with Crippen molar-refractivity contribution in [2.45, 2.75) is 19.5 Å². The molecule has 0 aliphatic rings. The molecule has 0 saturated heterocycles. The Hall–Kier alpha value is -1.74. The van der Waals surface area contributed by atoms with E-state index in [9.17, 15) is 13.2 Å². The summed E-state index contributed by atoms with van der Waals surface area (Å²) >= 11 is 0. The number of anilines is 1. The van der Waals surface area contributed by atoms with Crippen LogP contribution in [0.15, 0.2) is 18.2 Å². The molecular weight excluding hydrogens is 279 g/mol. The van der Waals surface area contributed by atoms with E-state index in [0.717, 1.165) is 19.0 Å². The van der Waals surface area contributed by atoms with Crippen molar-refractivity contribution in [3.63, 3.8) is 0 Å². The normalized spacial score (nSPS) is 11.5. The van der Waals surface area contributed by atoms with Crippen LogP contribution in [0.2, 0.25) is 0 Å². The minimum Gasteiger partial charge on any atom is -0.370 e. The molecule has 0 N–H and O–H groups in total. The second kappa shape index (κ2) is 7.32. The molecule has 0 unspecified atom stereocenters. The van der Waals surface area contributed by atoms with Crippen molar-refractivity contribution in [3.8, 4) is 6.07 Å². The number of nitriles is 1. The Morgan fingerprint density at radius 1 is 1.14 bits per heavy atom. The number of halogens is 3. The van der Waals surface area contributed by atoms with E-state index in [1.807, 2.05) is 30.8 Å². The summed E-state index contributed by atoms with van der Waals surface area (Å²) in [5.74, 6) is 0. The zero-order chi connectivity index (χ0) is 16.0. The van der Waals surface area contributed by atoms with Crippen LogP contribution in [0, 0.1) is 11.3 Å². The van der Waals surface area contributed by atoms with E-state index in [-0.39, 0.29) is 5.56 Å². The molecule has 21 heavy (non-hydrogen) atoms. The summed E-state index contributed by atoms with van der Waals surface area (Å²) in [6, 6.07) is 5.51. The van der Waals surface area contributed by atoms with Gasteiger partial charge < -0.3 is 9.80 Å². The predicted molar refractivity (Wildman–Crippen MR) is 77.2 cm³/mol. The fraction of sp³-hybridized carbons (Fsp3) is 0.533. The smallest absolute Gasteiger partial charge is 0.370 e. The maximum atomic E-state index is 13.0. The van der Waals surface area contributed by atoms with Crippen LogP contribution in [0.1, 0.15) is 24.5 Å². The Labute approximate surface area is 123 Å². The van der Waals surface area contributed by atoms with Crippen LogP contribution >= 0.6 is 0 Å². The molecule has 0 aromatic heterocycles. The summed E-state index contributed by atoms with van der Waals surface area (Å²) < 4.78 is 39.0. The quantitative estimate of drug-likeness (QED) is 0.807. The van der Waals surface area contributed by atoms with Gasteiger partial charge in [-0.15, -0.1) is 0 Å². The zero-order valence-electron chi connectivity index (χ0n) is 12.5. The Morgan fingerprint density at radius 2 is 1.81 bits per heavy atom. The minimum absolute atomic E-state index is 0.338. The second-order valence-electron chi connectivity index (χ2n) is 5.13. The van der Waals surface area contributed by atoms with Gasteiger partial charge in [0.05, 0.1) is 17.2 Å². The Bertz CT molecular complexity index is 504. The minimum atomic E-state index is -4.51. The van der Waals surface area contributed by atoms with Gasteiger partial charge in [-0.2, -0.15) is 18.4 Å². The fourth-order valence-electron chi connectivity index (χ4n) is 2.02. The van der Waals surface area contributed by atoms with Crippen LogP contribution in [-0.2, 0) is 6.18 Å². The van der Waals surface area contributed by atoms with E-state index in [0.29, 0.717) is 18.8 Å².